The highest BCUT2D eigenvalue weighted by Crippen LogP contribution is 2.55. The molecular formula is C91H77BN4. The summed E-state index contributed by atoms with van der Waals surface area (Å²) in [5, 5.41) is 4.97. The third kappa shape index (κ3) is 9.89. The first-order chi connectivity index (χ1) is 47.1. The molecule has 0 bridgehead atoms. The number of aryl methyl sites for hydroxylation is 2. The van der Waals surface area contributed by atoms with E-state index in [4.69, 9.17) is 0 Å². The Bertz CT molecular complexity index is 5250. The standard InChI is InChI=1S/C91H77BN4/c1-7-61-52-74(63-32-12-8-13-33-63)89(75(53-61)64-34-14-9-15-35-64)95-84-58-68(93-80-44-26-22-40-70(80)71-41-23-27-45-81(71)93)48-50-78(84)92-79-51-49-69(94-82-46-28-24-42-72(82)73-43-25-29-47-83(73)94)59-85(79)96(87-55-62(54-86(95)88(87)92)31-21-20-30-60(2)3)90-76(65-36-16-10-17-37-65)56-67(91(4,5)6)57-77(90)66-38-18-11-19-39-66/h8-19,22-29,32-60H,7,20-21,30-31H2,1-6H3. The summed E-state index contributed by atoms with van der Waals surface area (Å²) in [6.45, 7) is 13.9. The Hall–Kier alpha value is -10.9. The van der Waals surface area contributed by atoms with Crippen molar-refractivity contribution in [1.82, 2.24) is 9.13 Å². The lowest BCUT2D eigenvalue weighted by molar-refractivity contribution is 0.538. The first kappa shape index (κ1) is 58.9. The fraction of sp³-hybridized carbons (Fsp3) is 0.143. The Morgan fingerprint density at radius 2 is 0.708 bits per heavy atom. The molecule has 96 heavy (non-hydrogen) atoms. The number of para-hydroxylation sites is 4. The summed E-state index contributed by atoms with van der Waals surface area (Å²) in [5.41, 5.74) is 31.2. The molecule has 0 N–H and O–H groups in total. The number of hydrogen-bond acceptors (Lipinski definition) is 2. The Kier molecular flexibility index (Phi) is 14.6. The van der Waals surface area contributed by atoms with Crippen LogP contribution < -0.4 is 26.2 Å². The van der Waals surface area contributed by atoms with Crippen molar-refractivity contribution in [2.24, 2.45) is 5.92 Å². The average Bonchev–Trinajstić information content (AvgIpc) is 0.723. The molecule has 0 saturated carbocycles. The van der Waals surface area contributed by atoms with Crippen LogP contribution in [0, 0.1) is 5.92 Å². The Morgan fingerprint density at radius 1 is 0.354 bits per heavy atom. The minimum Gasteiger partial charge on any atom is -0.310 e. The molecule has 0 fully saturated rings. The summed E-state index contributed by atoms with van der Waals surface area (Å²) < 4.78 is 5.02. The maximum atomic E-state index is 2.75. The zero-order chi connectivity index (χ0) is 64.8. The maximum Gasteiger partial charge on any atom is 0.252 e. The number of benzene rings is 13. The molecule has 17 rings (SSSR count). The van der Waals surface area contributed by atoms with E-state index in [9.17, 15) is 0 Å². The Morgan fingerprint density at radius 3 is 1.06 bits per heavy atom. The lowest BCUT2D eigenvalue weighted by Crippen LogP contribution is -2.61. The average molecular weight is 1240 g/mol. The van der Waals surface area contributed by atoms with Crippen molar-refractivity contribution < 1.29 is 0 Å². The quantitative estimate of drug-likeness (QED) is 0.0797. The molecule has 0 radical (unpaired) electrons. The van der Waals surface area contributed by atoms with Crippen LogP contribution in [0.3, 0.4) is 0 Å². The first-order valence-electron chi connectivity index (χ1n) is 34.7. The highest BCUT2D eigenvalue weighted by molar-refractivity contribution is 7.00. The monoisotopic (exact) mass is 1240 g/mol. The zero-order valence-corrected chi connectivity index (χ0v) is 55.7. The van der Waals surface area contributed by atoms with Gasteiger partial charge in [0.05, 0.1) is 33.4 Å². The molecule has 2 aromatic heterocycles. The number of anilines is 6. The molecule has 13 aromatic carbocycles. The molecule has 2 aliphatic heterocycles. The Balaban J connectivity index is 1.06. The van der Waals surface area contributed by atoms with Gasteiger partial charge in [-0.1, -0.05) is 261 Å². The first-order valence-corrected chi connectivity index (χ1v) is 34.7. The molecular weight excluding hydrogens is 1160 g/mol. The van der Waals surface area contributed by atoms with Gasteiger partial charge in [0.1, 0.15) is 0 Å². The van der Waals surface area contributed by atoms with Crippen LogP contribution in [0.2, 0.25) is 0 Å². The molecule has 4 nitrogen and oxygen atoms in total. The predicted molar refractivity (Wildman–Crippen MR) is 411 cm³/mol. The molecule has 0 amide bonds. The number of unbranched alkanes of at least 4 members (excludes halogenated alkanes) is 1. The van der Waals surface area contributed by atoms with Gasteiger partial charge in [-0.2, -0.15) is 0 Å². The van der Waals surface area contributed by atoms with Crippen LogP contribution in [0.4, 0.5) is 34.1 Å². The number of nitrogens with zero attached hydrogens (tertiary/aromatic N) is 4. The molecule has 464 valence electrons. The number of rotatable bonds is 14. The normalized spacial score (nSPS) is 12.7. The van der Waals surface area contributed by atoms with Gasteiger partial charge in [-0.25, -0.2) is 0 Å². The van der Waals surface area contributed by atoms with Crippen molar-refractivity contribution in [2.75, 3.05) is 9.80 Å². The van der Waals surface area contributed by atoms with Crippen LogP contribution in [-0.4, -0.2) is 15.8 Å². The summed E-state index contributed by atoms with van der Waals surface area (Å²) in [7, 11) is 0. The van der Waals surface area contributed by atoms with Crippen LogP contribution >= 0.6 is 0 Å². The van der Waals surface area contributed by atoms with Crippen LogP contribution in [0.25, 0.3) is 99.5 Å². The van der Waals surface area contributed by atoms with Crippen LogP contribution in [0.15, 0.2) is 291 Å². The van der Waals surface area contributed by atoms with Gasteiger partial charge in [0.25, 0.3) is 6.71 Å². The van der Waals surface area contributed by atoms with Gasteiger partial charge >= 0.3 is 0 Å². The summed E-state index contributed by atoms with van der Waals surface area (Å²) in [6.07, 6.45) is 5.22. The largest absolute Gasteiger partial charge is 0.310 e. The molecule has 0 aliphatic carbocycles. The fourth-order valence-electron chi connectivity index (χ4n) is 16.0. The molecule has 0 saturated heterocycles. The second-order valence-corrected chi connectivity index (χ2v) is 28.0. The van der Waals surface area contributed by atoms with E-state index in [1.165, 1.54) is 162 Å². The van der Waals surface area contributed by atoms with E-state index in [0.717, 1.165) is 37.1 Å². The van der Waals surface area contributed by atoms with E-state index >= 15 is 0 Å². The SMILES string of the molecule is CCc1cc(-c2ccccc2)c(N2c3cc(-n4c5ccccc5c5ccccc54)ccc3B3c4ccc(-n5c6ccccc6c6ccccc65)cc4N(c4c(-c5ccccc5)cc(C(C)(C)C)cc4-c4ccccc4)c4cc(CCCCC(C)C)cc2c43)c(-c2ccccc2)c1. The summed E-state index contributed by atoms with van der Waals surface area (Å²) in [5.74, 6) is 0.615. The van der Waals surface area contributed by atoms with E-state index < -0.39 is 0 Å². The third-order valence-electron chi connectivity index (χ3n) is 20.6. The van der Waals surface area contributed by atoms with E-state index in [1.807, 2.05) is 0 Å². The smallest absolute Gasteiger partial charge is 0.252 e. The van der Waals surface area contributed by atoms with E-state index in [0.29, 0.717) is 5.92 Å². The van der Waals surface area contributed by atoms with Crippen molar-refractivity contribution >= 4 is 101 Å². The van der Waals surface area contributed by atoms with Crippen molar-refractivity contribution in [3.63, 3.8) is 0 Å². The van der Waals surface area contributed by atoms with Crippen molar-refractivity contribution in [1.29, 1.82) is 0 Å². The molecule has 15 aromatic rings. The topological polar surface area (TPSA) is 16.3 Å². The predicted octanol–water partition coefficient (Wildman–Crippen LogP) is 22.9. The molecule has 4 heterocycles. The second kappa shape index (κ2) is 23.8. The zero-order valence-electron chi connectivity index (χ0n) is 55.7. The number of hydrogen-bond donors (Lipinski definition) is 0. The van der Waals surface area contributed by atoms with Gasteiger partial charge in [0, 0.05) is 77.9 Å². The lowest BCUT2D eigenvalue weighted by atomic mass is 9.33. The van der Waals surface area contributed by atoms with Gasteiger partial charge in [-0.3, -0.25) is 0 Å². The highest BCUT2D eigenvalue weighted by Gasteiger charge is 2.46. The van der Waals surface area contributed by atoms with E-state index in [2.05, 4.69) is 352 Å². The second-order valence-electron chi connectivity index (χ2n) is 28.0. The fourth-order valence-corrected chi connectivity index (χ4v) is 16.0. The van der Waals surface area contributed by atoms with Crippen molar-refractivity contribution in [3.05, 3.63) is 308 Å². The summed E-state index contributed by atoms with van der Waals surface area (Å²) in [4.78, 5) is 5.50. The van der Waals surface area contributed by atoms with Crippen LogP contribution in [0.5, 0.6) is 0 Å². The highest BCUT2D eigenvalue weighted by atomic mass is 15.2. The lowest BCUT2D eigenvalue weighted by Gasteiger charge is -2.46. The summed E-state index contributed by atoms with van der Waals surface area (Å²) in [6, 6.07) is 111. The van der Waals surface area contributed by atoms with E-state index in [-0.39, 0.29) is 12.1 Å². The van der Waals surface area contributed by atoms with Gasteiger partial charge in [-0.15, -0.1) is 0 Å². The van der Waals surface area contributed by atoms with Gasteiger partial charge in [0.15, 0.2) is 0 Å². The van der Waals surface area contributed by atoms with Crippen molar-refractivity contribution in [3.8, 4) is 55.9 Å². The van der Waals surface area contributed by atoms with Gasteiger partial charge in [-0.05, 0) is 171 Å². The molecule has 0 unspecified atom stereocenters. The maximum absolute atomic E-state index is 2.75. The molecule has 2 aliphatic rings. The van der Waals surface area contributed by atoms with Crippen LogP contribution in [0.1, 0.15) is 77.5 Å². The van der Waals surface area contributed by atoms with Crippen LogP contribution in [-0.2, 0) is 18.3 Å². The van der Waals surface area contributed by atoms with E-state index in [1.54, 1.807) is 0 Å². The van der Waals surface area contributed by atoms with Gasteiger partial charge in [0.2, 0.25) is 0 Å². The summed E-state index contributed by atoms with van der Waals surface area (Å²) >= 11 is 0. The molecule has 0 atom stereocenters. The minimum absolute atomic E-state index is 0.169. The molecule has 0 spiro atoms. The van der Waals surface area contributed by atoms with Crippen molar-refractivity contribution in [2.45, 2.75) is 79.1 Å². The molecule has 5 heteroatoms. The van der Waals surface area contributed by atoms with Gasteiger partial charge < -0.3 is 18.9 Å². The third-order valence-corrected chi connectivity index (χ3v) is 20.6. The number of fused-ring (bicyclic) bond motifs is 10. The minimum atomic E-state index is -0.189. The Labute approximate surface area is 565 Å². The number of aromatic nitrogens is 2.